The van der Waals surface area contributed by atoms with Gasteiger partial charge in [-0.1, -0.05) is 18.2 Å². The summed E-state index contributed by atoms with van der Waals surface area (Å²) >= 11 is 3.14. The quantitative estimate of drug-likeness (QED) is 0.534. The molecule has 2 aromatic rings. The predicted octanol–water partition coefficient (Wildman–Crippen LogP) is 3.50. The summed E-state index contributed by atoms with van der Waals surface area (Å²) in [6.07, 6.45) is 0. The highest BCUT2D eigenvalue weighted by molar-refractivity contribution is 9.10. The van der Waals surface area contributed by atoms with E-state index < -0.39 is 4.92 Å². The molecule has 86 valence electrons. The van der Waals surface area contributed by atoms with E-state index in [1.54, 1.807) is 0 Å². The molecule has 1 aromatic heterocycles. The summed E-state index contributed by atoms with van der Waals surface area (Å²) in [7, 11) is 0. The fourth-order valence-electron chi connectivity index (χ4n) is 1.32. The SMILES string of the molecule is O=[N+]([O-])c1cc(Br)nc(Nc2ccccc2)c1. The zero-order chi connectivity index (χ0) is 12.3. The monoisotopic (exact) mass is 293 g/mol. The molecule has 0 saturated carbocycles. The summed E-state index contributed by atoms with van der Waals surface area (Å²) < 4.78 is 0.421. The van der Waals surface area contributed by atoms with E-state index >= 15 is 0 Å². The van der Waals surface area contributed by atoms with Crippen molar-refractivity contribution in [3.8, 4) is 0 Å². The Kier molecular flexibility index (Phi) is 3.34. The second-order valence-corrected chi connectivity index (χ2v) is 4.09. The lowest BCUT2D eigenvalue weighted by atomic mass is 10.3. The van der Waals surface area contributed by atoms with Crippen LogP contribution < -0.4 is 5.32 Å². The second kappa shape index (κ2) is 4.92. The molecule has 2 rings (SSSR count). The molecule has 0 bridgehead atoms. The standard InChI is InChI=1S/C11H8BrN3O2/c12-10-6-9(15(16)17)7-11(14-10)13-8-4-2-1-3-5-8/h1-7H,(H,13,14). The van der Waals surface area contributed by atoms with Crippen molar-refractivity contribution in [1.82, 2.24) is 4.98 Å². The van der Waals surface area contributed by atoms with E-state index in [1.165, 1.54) is 12.1 Å². The number of anilines is 2. The van der Waals surface area contributed by atoms with Gasteiger partial charge in [0.25, 0.3) is 5.69 Å². The number of nitro groups is 1. The van der Waals surface area contributed by atoms with Crippen LogP contribution in [0.2, 0.25) is 0 Å². The van der Waals surface area contributed by atoms with E-state index in [0.29, 0.717) is 10.4 Å². The third-order valence-corrected chi connectivity index (χ3v) is 2.44. The van der Waals surface area contributed by atoms with Crippen molar-refractivity contribution in [2.75, 3.05) is 5.32 Å². The topological polar surface area (TPSA) is 68.1 Å². The minimum absolute atomic E-state index is 0.00898. The molecular formula is C11H8BrN3O2. The van der Waals surface area contributed by atoms with Gasteiger partial charge in [-0.3, -0.25) is 10.1 Å². The number of hydrogen-bond donors (Lipinski definition) is 1. The van der Waals surface area contributed by atoms with Gasteiger partial charge in [-0.05, 0) is 28.1 Å². The molecule has 0 amide bonds. The number of halogens is 1. The number of nitrogens with zero attached hydrogens (tertiary/aromatic N) is 2. The van der Waals surface area contributed by atoms with Crippen LogP contribution in [0.4, 0.5) is 17.2 Å². The fourth-order valence-corrected chi connectivity index (χ4v) is 1.75. The van der Waals surface area contributed by atoms with Crippen molar-refractivity contribution < 1.29 is 4.92 Å². The molecule has 1 aromatic carbocycles. The average molecular weight is 294 g/mol. The van der Waals surface area contributed by atoms with Crippen molar-refractivity contribution in [3.63, 3.8) is 0 Å². The number of benzene rings is 1. The predicted molar refractivity (Wildman–Crippen MR) is 68.3 cm³/mol. The van der Waals surface area contributed by atoms with Gasteiger partial charge in [-0.25, -0.2) is 4.98 Å². The van der Waals surface area contributed by atoms with Gasteiger partial charge in [-0.2, -0.15) is 0 Å². The van der Waals surface area contributed by atoms with Crippen LogP contribution in [0.1, 0.15) is 0 Å². The summed E-state index contributed by atoms with van der Waals surface area (Å²) in [5.41, 5.74) is 0.817. The van der Waals surface area contributed by atoms with Crippen molar-refractivity contribution in [2.45, 2.75) is 0 Å². The van der Waals surface area contributed by atoms with Crippen LogP contribution in [0.3, 0.4) is 0 Å². The first kappa shape index (κ1) is 11.5. The Morgan fingerprint density at radius 3 is 2.59 bits per heavy atom. The van der Waals surface area contributed by atoms with Gasteiger partial charge in [0.1, 0.15) is 10.4 Å². The van der Waals surface area contributed by atoms with Crippen LogP contribution >= 0.6 is 15.9 Å². The molecular weight excluding hydrogens is 286 g/mol. The molecule has 0 fully saturated rings. The second-order valence-electron chi connectivity index (χ2n) is 3.28. The lowest BCUT2D eigenvalue weighted by Gasteiger charge is -2.05. The van der Waals surface area contributed by atoms with E-state index in [4.69, 9.17) is 0 Å². The van der Waals surface area contributed by atoms with Crippen LogP contribution in [0.15, 0.2) is 47.1 Å². The maximum atomic E-state index is 10.7. The van der Waals surface area contributed by atoms with Crippen molar-refractivity contribution in [3.05, 3.63) is 57.2 Å². The van der Waals surface area contributed by atoms with Crippen molar-refractivity contribution in [2.24, 2.45) is 0 Å². The Morgan fingerprint density at radius 2 is 1.94 bits per heavy atom. The maximum Gasteiger partial charge on any atom is 0.275 e. The van der Waals surface area contributed by atoms with Crippen molar-refractivity contribution >= 4 is 33.1 Å². The van der Waals surface area contributed by atoms with E-state index in [0.717, 1.165) is 5.69 Å². The normalized spacial score (nSPS) is 9.94. The van der Waals surface area contributed by atoms with E-state index in [2.05, 4.69) is 26.2 Å². The number of pyridine rings is 1. The molecule has 1 heterocycles. The molecule has 0 aliphatic rings. The van der Waals surface area contributed by atoms with Gasteiger partial charge in [0.2, 0.25) is 0 Å². The first-order chi connectivity index (χ1) is 8.15. The first-order valence-electron chi connectivity index (χ1n) is 4.79. The molecule has 0 saturated heterocycles. The summed E-state index contributed by atoms with van der Waals surface area (Å²) in [5.74, 6) is 0.428. The van der Waals surface area contributed by atoms with Gasteiger partial charge in [0, 0.05) is 11.8 Å². The summed E-state index contributed by atoms with van der Waals surface area (Å²) in [6.45, 7) is 0. The van der Waals surface area contributed by atoms with Crippen molar-refractivity contribution in [1.29, 1.82) is 0 Å². The minimum Gasteiger partial charge on any atom is -0.340 e. The molecule has 0 spiro atoms. The number of para-hydroxylation sites is 1. The molecule has 0 aliphatic heterocycles. The molecule has 1 N–H and O–H groups in total. The molecule has 0 unspecified atom stereocenters. The summed E-state index contributed by atoms with van der Waals surface area (Å²) in [5, 5.41) is 13.7. The maximum absolute atomic E-state index is 10.7. The Labute approximate surface area is 106 Å². The van der Waals surface area contributed by atoms with Gasteiger partial charge < -0.3 is 5.32 Å². The Hall–Kier alpha value is -1.95. The lowest BCUT2D eigenvalue weighted by molar-refractivity contribution is -0.384. The van der Waals surface area contributed by atoms with Crippen LogP contribution in [-0.2, 0) is 0 Å². The fraction of sp³-hybridized carbons (Fsp3) is 0. The first-order valence-corrected chi connectivity index (χ1v) is 5.58. The van der Waals surface area contributed by atoms with Crippen LogP contribution in [0.5, 0.6) is 0 Å². The third kappa shape index (κ3) is 3.01. The Morgan fingerprint density at radius 1 is 1.24 bits per heavy atom. The number of hydrogen-bond acceptors (Lipinski definition) is 4. The molecule has 6 heteroatoms. The Balaban J connectivity index is 2.30. The van der Waals surface area contributed by atoms with Crippen LogP contribution in [0.25, 0.3) is 0 Å². The molecule has 5 nitrogen and oxygen atoms in total. The Bertz CT molecular complexity index is 546. The van der Waals surface area contributed by atoms with Gasteiger partial charge in [0.05, 0.1) is 11.0 Å². The highest BCUT2D eigenvalue weighted by Gasteiger charge is 2.09. The highest BCUT2D eigenvalue weighted by Crippen LogP contribution is 2.23. The molecule has 0 radical (unpaired) electrons. The molecule has 17 heavy (non-hydrogen) atoms. The summed E-state index contributed by atoms with van der Waals surface area (Å²) in [4.78, 5) is 14.3. The van der Waals surface area contributed by atoms with E-state index in [-0.39, 0.29) is 5.69 Å². The third-order valence-electron chi connectivity index (χ3n) is 2.04. The largest absolute Gasteiger partial charge is 0.340 e. The molecule has 0 aliphatic carbocycles. The smallest absolute Gasteiger partial charge is 0.275 e. The minimum atomic E-state index is -0.456. The average Bonchev–Trinajstić information content (AvgIpc) is 2.29. The zero-order valence-electron chi connectivity index (χ0n) is 8.63. The highest BCUT2D eigenvalue weighted by atomic mass is 79.9. The zero-order valence-corrected chi connectivity index (χ0v) is 10.2. The number of nitrogens with one attached hydrogen (secondary N) is 1. The van der Waals surface area contributed by atoms with Gasteiger partial charge in [-0.15, -0.1) is 0 Å². The van der Waals surface area contributed by atoms with Gasteiger partial charge >= 0.3 is 0 Å². The summed E-state index contributed by atoms with van der Waals surface area (Å²) in [6, 6.07) is 12.1. The van der Waals surface area contributed by atoms with Gasteiger partial charge in [0.15, 0.2) is 0 Å². The van der Waals surface area contributed by atoms with Crippen LogP contribution in [-0.4, -0.2) is 9.91 Å². The number of aromatic nitrogens is 1. The lowest BCUT2D eigenvalue weighted by Crippen LogP contribution is -1.96. The molecule has 0 atom stereocenters. The van der Waals surface area contributed by atoms with Crippen LogP contribution in [0, 0.1) is 10.1 Å². The van der Waals surface area contributed by atoms with E-state index in [1.807, 2.05) is 30.3 Å². The number of rotatable bonds is 3. The van der Waals surface area contributed by atoms with E-state index in [9.17, 15) is 10.1 Å².